The molecule has 2 fully saturated rings. The van der Waals surface area contributed by atoms with Crippen molar-refractivity contribution in [2.24, 2.45) is 0 Å². The maximum atomic E-state index is 12.3. The first-order valence-electron chi connectivity index (χ1n) is 7.15. The molecule has 2 aliphatic rings. The quantitative estimate of drug-likeness (QED) is 0.838. The van der Waals surface area contributed by atoms with E-state index in [1.54, 1.807) is 0 Å². The van der Waals surface area contributed by atoms with Crippen molar-refractivity contribution in [1.29, 1.82) is 0 Å². The van der Waals surface area contributed by atoms with Gasteiger partial charge in [0.15, 0.2) is 0 Å². The van der Waals surface area contributed by atoms with Gasteiger partial charge >= 0.3 is 0 Å². The maximum absolute atomic E-state index is 12.3. The van der Waals surface area contributed by atoms with Crippen LogP contribution in [0.4, 0.5) is 5.69 Å². The predicted molar refractivity (Wildman–Crippen MR) is 79.2 cm³/mol. The largest absolute Gasteiger partial charge is 0.368 e. The van der Waals surface area contributed by atoms with Gasteiger partial charge in [0.2, 0.25) is 0 Å². The monoisotopic (exact) mass is 294 g/mol. The Labute approximate surface area is 124 Å². The second-order valence-corrected chi connectivity index (χ2v) is 5.73. The summed E-state index contributed by atoms with van der Waals surface area (Å²) in [5, 5.41) is 0.751. The van der Waals surface area contributed by atoms with E-state index in [-0.39, 0.29) is 12.0 Å². The lowest BCUT2D eigenvalue weighted by Gasteiger charge is -2.37. The molecule has 2 saturated heterocycles. The molecule has 0 bridgehead atoms. The second-order valence-electron chi connectivity index (χ2n) is 5.29. The highest BCUT2D eigenvalue weighted by Gasteiger charge is 2.30. The number of benzene rings is 1. The molecule has 1 amide bonds. The van der Waals surface area contributed by atoms with Crippen LogP contribution in [0.3, 0.4) is 0 Å². The predicted octanol–water partition coefficient (Wildman–Crippen LogP) is 2.17. The fraction of sp³-hybridized carbons (Fsp3) is 0.533. The lowest BCUT2D eigenvalue weighted by atomic mass is 10.2. The molecule has 0 radical (unpaired) electrons. The number of anilines is 1. The van der Waals surface area contributed by atoms with Gasteiger partial charge in [0.1, 0.15) is 6.10 Å². The Kier molecular flexibility index (Phi) is 4.13. The number of carbonyl (C=O) groups is 1. The summed E-state index contributed by atoms with van der Waals surface area (Å²) in [7, 11) is 0. The zero-order valence-corrected chi connectivity index (χ0v) is 12.2. The topological polar surface area (TPSA) is 32.8 Å². The van der Waals surface area contributed by atoms with Gasteiger partial charge in [0, 0.05) is 43.5 Å². The zero-order chi connectivity index (χ0) is 13.9. The third-order valence-corrected chi connectivity index (χ3v) is 4.24. The number of amides is 1. The normalized spacial score (nSPS) is 23.1. The van der Waals surface area contributed by atoms with Gasteiger partial charge in [-0.1, -0.05) is 11.6 Å². The van der Waals surface area contributed by atoms with Crippen molar-refractivity contribution in [2.75, 3.05) is 37.7 Å². The summed E-state index contributed by atoms with van der Waals surface area (Å²) in [4.78, 5) is 16.5. The Morgan fingerprint density at radius 1 is 1.15 bits per heavy atom. The molecule has 20 heavy (non-hydrogen) atoms. The Balaban J connectivity index is 1.56. The standard InChI is InChI=1S/C15H19ClN2O2/c16-12-3-5-13(6-4-12)17-7-9-18(10-8-17)15(19)14-2-1-11-20-14/h3-6,14H,1-2,7-11H2/t14-/m1/s1. The molecule has 0 aliphatic carbocycles. The summed E-state index contributed by atoms with van der Waals surface area (Å²) in [5.41, 5.74) is 1.17. The fourth-order valence-electron chi connectivity index (χ4n) is 2.81. The number of halogens is 1. The van der Waals surface area contributed by atoms with E-state index in [0.717, 1.165) is 50.7 Å². The summed E-state index contributed by atoms with van der Waals surface area (Å²) in [6.07, 6.45) is 1.68. The van der Waals surface area contributed by atoms with Crippen LogP contribution in [0.5, 0.6) is 0 Å². The van der Waals surface area contributed by atoms with Crippen molar-refractivity contribution in [2.45, 2.75) is 18.9 Å². The van der Waals surface area contributed by atoms with Crippen molar-refractivity contribution >= 4 is 23.2 Å². The van der Waals surface area contributed by atoms with Crippen LogP contribution in [0, 0.1) is 0 Å². The van der Waals surface area contributed by atoms with E-state index < -0.39 is 0 Å². The van der Waals surface area contributed by atoms with Gasteiger partial charge in [-0.3, -0.25) is 4.79 Å². The number of rotatable bonds is 2. The van der Waals surface area contributed by atoms with Crippen LogP contribution >= 0.6 is 11.6 Å². The van der Waals surface area contributed by atoms with E-state index in [1.165, 1.54) is 5.69 Å². The summed E-state index contributed by atoms with van der Waals surface area (Å²) in [6, 6.07) is 7.86. The molecule has 0 N–H and O–H groups in total. The summed E-state index contributed by atoms with van der Waals surface area (Å²) >= 11 is 5.90. The summed E-state index contributed by atoms with van der Waals surface area (Å²) < 4.78 is 5.47. The van der Waals surface area contributed by atoms with Crippen molar-refractivity contribution in [3.63, 3.8) is 0 Å². The molecule has 1 aromatic rings. The van der Waals surface area contributed by atoms with E-state index in [0.29, 0.717) is 0 Å². The minimum atomic E-state index is -0.197. The van der Waals surface area contributed by atoms with Crippen molar-refractivity contribution in [3.8, 4) is 0 Å². The van der Waals surface area contributed by atoms with Crippen molar-refractivity contribution in [3.05, 3.63) is 29.3 Å². The van der Waals surface area contributed by atoms with E-state index in [1.807, 2.05) is 29.2 Å². The minimum absolute atomic E-state index is 0.165. The van der Waals surface area contributed by atoms with Crippen LogP contribution in [0.25, 0.3) is 0 Å². The number of hydrogen-bond donors (Lipinski definition) is 0. The second kappa shape index (κ2) is 6.02. The molecule has 5 heteroatoms. The highest BCUT2D eigenvalue weighted by atomic mass is 35.5. The molecule has 0 unspecified atom stereocenters. The van der Waals surface area contributed by atoms with Gasteiger partial charge < -0.3 is 14.5 Å². The van der Waals surface area contributed by atoms with Crippen LogP contribution in [-0.2, 0) is 9.53 Å². The van der Waals surface area contributed by atoms with E-state index in [9.17, 15) is 4.79 Å². The van der Waals surface area contributed by atoms with Gasteiger partial charge in [-0.2, -0.15) is 0 Å². The first-order chi connectivity index (χ1) is 9.74. The molecule has 0 spiro atoms. The van der Waals surface area contributed by atoms with Crippen molar-refractivity contribution < 1.29 is 9.53 Å². The summed E-state index contributed by atoms with van der Waals surface area (Å²) in [5.74, 6) is 0.165. The van der Waals surface area contributed by atoms with Gasteiger partial charge in [-0.05, 0) is 37.1 Å². The Bertz CT molecular complexity index is 463. The smallest absolute Gasteiger partial charge is 0.251 e. The molecule has 0 aromatic heterocycles. The molecule has 0 saturated carbocycles. The molecule has 2 heterocycles. The number of hydrogen-bond acceptors (Lipinski definition) is 3. The van der Waals surface area contributed by atoms with Crippen LogP contribution in [-0.4, -0.2) is 49.7 Å². The minimum Gasteiger partial charge on any atom is -0.368 e. The van der Waals surface area contributed by atoms with Gasteiger partial charge in [0.25, 0.3) is 5.91 Å². The first kappa shape index (κ1) is 13.7. The molecule has 1 aromatic carbocycles. The molecule has 1 atom stereocenters. The number of carbonyl (C=O) groups excluding carboxylic acids is 1. The maximum Gasteiger partial charge on any atom is 0.251 e. The molecule has 4 nitrogen and oxygen atoms in total. The van der Waals surface area contributed by atoms with Crippen LogP contribution < -0.4 is 4.90 Å². The Morgan fingerprint density at radius 2 is 1.85 bits per heavy atom. The van der Waals surface area contributed by atoms with Gasteiger partial charge in [-0.15, -0.1) is 0 Å². The van der Waals surface area contributed by atoms with Gasteiger partial charge in [0.05, 0.1) is 0 Å². The highest BCUT2D eigenvalue weighted by Crippen LogP contribution is 2.21. The zero-order valence-electron chi connectivity index (χ0n) is 11.4. The van der Waals surface area contributed by atoms with Crippen LogP contribution in [0.15, 0.2) is 24.3 Å². The average molecular weight is 295 g/mol. The molecule has 2 aliphatic heterocycles. The SMILES string of the molecule is O=C([C@H]1CCCO1)N1CCN(c2ccc(Cl)cc2)CC1. The van der Waals surface area contributed by atoms with E-state index >= 15 is 0 Å². The van der Waals surface area contributed by atoms with Crippen molar-refractivity contribution in [1.82, 2.24) is 4.90 Å². The third-order valence-electron chi connectivity index (χ3n) is 3.99. The van der Waals surface area contributed by atoms with Crippen LogP contribution in [0.2, 0.25) is 5.02 Å². The fourth-order valence-corrected chi connectivity index (χ4v) is 2.94. The highest BCUT2D eigenvalue weighted by molar-refractivity contribution is 6.30. The summed E-state index contributed by atoms with van der Waals surface area (Å²) in [6.45, 7) is 3.98. The number of piperazine rings is 1. The average Bonchev–Trinajstić information content (AvgIpc) is 3.02. The van der Waals surface area contributed by atoms with Gasteiger partial charge in [-0.25, -0.2) is 0 Å². The van der Waals surface area contributed by atoms with Crippen LogP contribution in [0.1, 0.15) is 12.8 Å². The lowest BCUT2D eigenvalue weighted by molar-refractivity contribution is -0.141. The first-order valence-corrected chi connectivity index (χ1v) is 7.53. The molecular formula is C15H19ClN2O2. The Hall–Kier alpha value is -1.26. The molecular weight excluding hydrogens is 276 g/mol. The van der Waals surface area contributed by atoms with E-state index in [4.69, 9.17) is 16.3 Å². The van der Waals surface area contributed by atoms with E-state index in [2.05, 4.69) is 4.90 Å². The molecule has 3 rings (SSSR count). The number of nitrogens with zero attached hydrogens (tertiary/aromatic N) is 2. The molecule has 108 valence electrons. The lowest BCUT2D eigenvalue weighted by Crippen LogP contribution is -2.51. The Morgan fingerprint density at radius 3 is 2.45 bits per heavy atom. The third kappa shape index (κ3) is 2.91. The number of ether oxygens (including phenoxy) is 1.